The summed E-state index contributed by atoms with van der Waals surface area (Å²) in [6.07, 6.45) is 1.89. The lowest BCUT2D eigenvalue weighted by molar-refractivity contribution is -0.130. The van der Waals surface area contributed by atoms with Crippen molar-refractivity contribution in [1.82, 2.24) is 10.6 Å². The maximum Gasteiger partial charge on any atom is 0.258 e. The number of benzene rings is 2. The first-order valence-corrected chi connectivity index (χ1v) is 9.94. The van der Waals surface area contributed by atoms with E-state index in [0.29, 0.717) is 35.2 Å². The fraction of sp³-hybridized carbons (Fsp3) is 0.333. The smallest absolute Gasteiger partial charge is 0.258 e. The molecule has 0 bridgehead atoms. The van der Waals surface area contributed by atoms with Crippen molar-refractivity contribution in [3.8, 4) is 5.75 Å². The molecule has 0 fully saturated rings. The second kappa shape index (κ2) is 11.6. The van der Waals surface area contributed by atoms with Crippen molar-refractivity contribution in [3.63, 3.8) is 0 Å². The Morgan fingerprint density at radius 1 is 1.11 bits per heavy atom. The number of nitrogens with one attached hydrogen (secondary N) is 2. The van der Waals surface area contributed by atoms with Crippen LogP contribution >= 0.6 is 23.2 Å². The summed E-state index contributed by atoms with van der Waals surface area (Å²) in [4.78, 5) is 24.6. The Morgan fingerprint density at radius 3 is 2.54 bits per heavy atom. The highest BCUT2D eigenvalue weighted by molar-refractivity contribution is 6.35. The van der Waals surface area contributed by atoms with Crippen LogP contribution in [-0.2, 0) is 16.0 Å². The first-order chi connectivity index (χ1) is 13.5. The van der Waals surface area contributed by atoms with Gasteiger partial charge in [-0.3, -0.25) is 9.59 Å². The van der Waals surface area contributed by atoms with E-state index in [2.05, 4.69) is 10.6 Å². The van der Waals surface area contributed by atoms with Crippen molar-refractivity contribution >= 4 is 35.0 Å². The van der Waals surface area contributed by atoms with E-state index in [4.69, 9.17) is 27.9 Å². The van der Waals surface area contributed by atoms with E-state index in [1.54, 1.807) is 24.3 Å². The molecule has 0 radical (unpaired) electrons. The predicted octanol–water partition coefficient (Wildman–Crippen LogP) is 4.02. The Bertz CT molecular complexity index is 784. The summed E-state index contributed by atoms with van der Waals surface area (Å²) in [5, 5.41) is 6.73. The quantitative estimate of drug-likeness (QED) is 0.607. The zero-order valence-corrected chi connectivity index (χ0v) is 17.2. The van der Waals surface area contributed by atoms with Crippen molar-refractivity contribution in [1.29, 1.82) is 0 Å². The first kappa shape index (κ1) is 22.1. The zero-order chi connectivity index (χ0) is 20.4. The van der Waals surface area contributed by atoms with Crippen molar-refractivity contribution in [2.24, 2.45) is 0 Å². The van der Waals surface area contributed by atoms with Crippen LogP contribution in [-0.4, -0.2) is 31.0 Å². The van der Waals surface area contributed by atoms with Crippen LogP contribution in [0.5, 0.6) is 5.75 Å². The molecule has 2 rings (SSSR count). The molecule has 0 heterocycles. The van der Waals surface area contributed by atoms with E-state index in [-0.39, 0.29) is 18.4 Å². The molecule has 0 spiro atoms. The third kappa shape index (κ3) is 7.41. The molecule has 7 heteroatoms. The minimum Gasteiger partial charge on any atom is -0.484 e. The SMILES string of the molecule is CCCC(NC(=O)COc1ccccc1)C(=O)NCCc1ccc(Cl)cc1Cl. The molecule has 150 valence electrons. The van der Waals surface area contributed by atoms with Gasteiger partial charge in [0.05, 0.1) is 0 Å². The zero-order valence-electron chi connectivity index (χ0n) is 15.7. The Balaban J connectivity index is 1.80. The van der Waals surface area contributed by atoms with E-state index < -0.39 is 6.04 Å². The molecule has 2 aromatic rings. The molecule has 5 nitrogen and oxygen atoms in total. The largest absolute Gasteiger partial charge is 0.484 e. The van der Waals surface area contributed by atoms with Crippen molar-refractivity contribution in [3.05, 3.63) is 64.1 Å². The number of amides is 2. The van der Waals surface area contributed by atoms with E-state index >= 15 is 0 Å². The van der Waals surface area contributed by atoms with Gasteiger partial charge < -0.3 is 15.4 Å². The third-order valence-electron chi connectivity index (χ3n) is 4.05. The van der Waals surface area contributed by atoms with Crippen molar-refractivity contribution in [2.45, 2.75) is 32.2 Å². The van der Waals surface area contributed by atoms with Gasteiger partial charge in [-0.1, -0.05) is 60.8 Å². The number of carbonyl (C=O) groups excluding carboxylic acids is 2. The highest BCUT2D eigenvalue weighted by Gasteiger charge is 2.19. The molecular weight excluding hydrogens is 399 g/mol. The number of ether oxygens (including phenoxy) is 1. The fourth-order valence-electron chi connectivity index (χ4n) is 2.63. The molecule has 2 amide bonds. The van der Waals surface area contributed by atoms with Gasteiger partial charge in [-0.2, -0.15) is 0 Å². The lowest BCUT2D eigenvalue weighted by Crippen LogP contribution is -2.48. The van der Waals surface area contributed by atoms with E-state index in [1.165, 1.54) is 0 Å². The van der Waals surface area contributed by atoms with Crippen LogP contribution in [0.1, 0.15) is 25.3 Å². The minimum absolute atomic E-state index is 0.141. The van der Waals surface area contributed by atoms with Crippen LogP contribution in [0.4, 0.5) is 0 Å². The summed E-state index contributed by atoms with van der Waals surface area (Å²) in [5.74, 6) is 0.0483. The number of para-hydroxylation sites is 1. The van der Waals surface area contributed by atoms with E-state index in [9.17, 15) is 9.59 Å². The molecular formula is C21H24Cl2N2O3. The highest BCUT2D eigenvalue weighted by atomic mass is 35.5. The lowest BCUT2D eigenvalue weighted by Gasteiger charge is -2.18. The maximum atomic E-state index is 12.5. The number of carbonyl (C=O) groups is 2. The lowest BCUT2D eigenvalue weighted by atomic mass is 10.1. The second-order valence-corrected chi connectivity index (χ2v) is 7.13. The molecule has 2 N–H and O–H groups in total. The molecule has 0 aliphatic carbocycles. The molecule has 0 aromatic heterocycles. The summed E-state index contributed by atoms with van der Waals surface area (Å²) in [7, 11) is 0. The fourth-order valence-corrected chi connectivity index (χ4v) is 3.13. The Kier molecular flexibility index (Phi) is 9.11. The summed E-state index contributed by atoms with van der Waals surface area (Å²) in [5.41, 5.74) is 0.902. The number of hydrogen-bond donors (Lipinski definition) is 2. The Morgan fingerprint density at radius 2 is 1.86 bits per heavy atom. The van der Waals surface area contributed by atoms with Gasteiger partial charge in [0.15, 0.2) is 6.61 Å². The molecule has 0 saturated carbocycles. The number of rotatable bonds is 10. The summed E-state index contributed by atoms with van der Waals surface area (Å²) >= 11 is 12.0. The molecule has 1 atom stereocenters. The molecule has 28 heavy (non-hydrogen) atoms. The third-order valence-corrected chi connectivity index (χ3v) is 4.64. The molecule has 0 aliphatic rings. The van der Waals surface area contributed by atoms with Crippen LogP contribution in [0.15, 0.2) is 48.5 Å². The second-order valence-electron chi connectivity index (χ2n) is 6.29. The van der Waals surface area contributed by atoms with Gasteiger partial charge in [0.2, 0.25) is 5.91 Å². The van der Waals surface area contributed by atoms with Crippen LogP contribution < -0.4 is 15.4 Å². The van der Waals surface area contributed by atoms with Gasteiger partial charge >= 0.3 is 0 Å². The summed E-state index contributed by atoms with van der Waals surface area (Å²) in [6.45, 7) is 2.23. The van der Waals surface area contributed by atoms with E-state index in [0.717, 1.165) is 12.0 Å². The van der Waals surface area contributed by atoms with Crippen molar-refractivity contribution < 1.29 is 14.3 Å². The normalized spacial score (nSPS) is 11.5. The predicted molar refractivity (Wildman–Crippen MR) is 112 cm³/mol. The molecule has 0 saturated heterocycles. The average molecular weight is 423 g/mol. The average Bonchev–Trinajstić information content (AvgIpc) is 2.68. The monoisotopic (exact) mass is 422 g/mol. The molecule has 1 unspecified atom stereocenters. The molecule has 0 aliphatic heterocycles. The van der Waals surface area contributed by atoms with Crippen LogP contribution in [0.25, 0.3) is 0 Å². The van der Waals surface area contributed by atoms with Gasteiger partial charge in [-0.15, -0.1) is 0 Å². The van der Waals surface area contributed by atoms with Crippen LogP contribution in [0.3, 0.4) is 0 Å². The summed E-state index contributed by atoms with van der Waals surface area (Å²) in [6, 6.07) is 13.7. The van der Waals surface area contributed by atoms with Crippen LogP contribution in [0, 0.1) is 0 Å². The topological polar surface area (TPSA) is 67.4 Å². The molecule has 2 aromatic carbocycles. The first-order valence-electron chi connectivity index (χ1n) is 9.18. The standard InChI is InChI=1S/C21H24Cl2N2O3/c1-2-6-19(25-20(26)14-28-17-7-4-3-5-8-17)21(27)24-12-11-15-9-10-16(22)13-18(15)23/h3-5,7-10,13,19H,2,6,11-12,14H2,1H3,(H,24,27)(H,25,26). The van der Waals surface area contributed by atoms with E-state index in [1.807, 2.05) is 31.2 Å². The maximum absolute atomic E-state index is 12.5. The Labute approximate surface area is 175 Å². The van der Waals surface area contributed by atoms with Gasteiger partial charge in [0.25, 0.3) is 5.91 Å². The van der Waals surface area contributed by atoms with Gasteiger partial charge in [0.1, 0.15) is 11.8 Å². The van der Waals surface area contributed by atoms with Crippen molar-refractivity contribution in [2.75, 3.05) is 13.2 Å². The summed E-state index contributed by atoms with van der Waals surface area (Å²) < 4.78 is 5.42. The van der Waals surface area contributed by atoms with Crippen LogP contribution in [0.2, 0.25) is 10.0 Å². The van der Waals surface area contributed by atoms with Gasteiger partial charge in [-0.05, 0) is 42.7 Å². The highest BCUT2D eigenvalue weighted by Crippen LogP contribution is 2.21. The van der Waals surface area contributed by atoms with Gasteiger partial charge in [0, 0.05) is 16.6 Å². The number of hydrogen-bond acceptors (Lipinski definition) is 3. The minimum atomic E-state index is -0.599. The number of halogens is 2. The Hall–Kier alpha value is -2.24. The van der Waals surface area contributed by atoms with Gasteiger partial charge in [-0.25, -0.2) is 0 Å².